The smallest absolute Gasteiger partial charge is 0.153 e. The van der Waals surface area contributed by atoms with Crippen LogP contribution in [-0.2, 0) is 19.7 Å². The molecule has 0 heterocycles. The Morgan fingerprint density at radius 1 is 1.14 bits per heavy atom. The first-order valence-corrected chi connectivity index (χ1v) is 10.2. The molecule has 1 aromatic rings. The monoisotopic (exact) mass is 335 g/mol. The zero-order valence-electron chi connectivity index (χ0n) is 12.4. The van der Waals surface area contributed by atoms with Crippen LogP contribution >= 0.6 is 0 Å². The van der Waals surface area contributed by atoms with Gasteiger partial charge in [-0.25, -0.2) is 16.8 Å². The highest BCUT2D eigenvalue weighted by molar-refractivity contribution is 7.94. The molecular formula is C13H21NO5S2. The van der Waals surface area contributed by atoms with Crippen molar-refractivity contribution in [2.75, 3.05) is 37.7 Å². The van der Waals surface area contributed by atoms with Crippen LogP contribution in [0.3, 0.4) is 0 Å². The second-order valence-electron chi connectivity index (χ2n) is 4.83. The molecule has 0 aliphatic heterocycles. The van der Waals surface area contributed by atoms with E-state index in [1.165, 1.54) is 7.11 Å². The molecule has 1 N–H and O–H groups in total. The minimum Gasteiger partial charge on any atom is -0.496 e. The van der Waals surface area contributed by atoms with Gasteiger partial charge in [0.05, 0.1) is 24.4 Å². The van der Waals surface area contributed by atoms with Gasteiger partial charge < -0.3 is 10.1 Å². The highest BCUT2D eigenvalue weighted by atomic mass is 32.2. The molecule has 1 unspecified atom stereocenters. The molecule has 0 bridgehead atoms. The molecule has 0 saturated heterocycles. The molecule has 0 aliphatic rings. The molecule has 21 heavy (non-hydrogen) atoms. The predicted octanol–water partition coefficient (Wildman–Crippen LogP) is 0.415. The molecule has 8 heteroatoms. The molecule has 1 aromatic carbocycles. The van der Waals surface area contributed by atoms with Crippen LogP contribution in [0.1, 0.15) is 11.6 Å². The van der Waals surface area contributed by atoms with Crippen LogP contribution in [0.15, 0.2) is 24.3 Å². The SMILES string of the molecule is CNC(CS(=O)(=O)CCS(C)(=O)=O)c1ccccc1OC. The average Bonchev–Trinajstić information content (AvgIpc) is 2.42. The second-order valence-corrected chi connectivity index (χ2v) is 9.32. The number of ether oxygens (including phenoxy) is 1. The normalized spacial score (nSPS) is 13.9. The van der Waals surface area contributed by atoms with E-state index < -0.39 is 25.7 Å². The molecule has 0 spiro atoms. The molecule has 120 valence electrons. The first kappa shape index (κ1) is 17.9. The summed E-state index contributed by atoms with van der Waals surface area (Å²) < 4.78 is 51.6. The summed E-state index contributed by atoms with van der Waals surface area (Å²) in [7, 11) is -3.62. The van der Waals surface area contributed by atoms with Gasteiger partial charge in [-0.2, -0.15) is 0 Å². The summed E-state index contributed by atoms with van der Waals surface area (Å²) in [4.78, 5) is 0. The van der Waals surface area contributed by atoms with Crippen molar-refractivity contribution in [2.24, 2.45) is 0 Å². The lowest BCUT2D eigenvalue weighted by Gasteiger charge is -2.19. The Morgan fingerprint density at radius 3 is 2.29 bits per heavy atom. The number of benzene rings is 1. The van der Waals surface area contributed by atoms with E-state index in [9.17, 15) is 16.8 Å². The van der Waals surface area contributed by atoms with Crippen molar-refractivity contribution in [1.29, 1.82) is 0 Å². The maximum Gasteiger partial charge on any atom is 0.153 e. The molecule has 1 rings (SSSR count). The van der Waals surface area contributed by atoms with Gasteiger partial charge in [-0.05, 0) is 13.1 Å². The minimum absolute atomic E-state index is 0.181. The van der Waals surface area contributed by atoms with Crippen LogP contribution in [0.5, 0.6) is 5.75 Å². The standard InChI is InChI=1S/C13H21NO5S2/c1-14-12(11-6-4-5-7-13(11)19-2)10-21(17,18)9-8-20(3,15)16/h4-7,12,14H,8-10H2,1-3H3. The van der Waals surface area contributed by atoms with Gasteiger partial charge in [0.25, 0.3) is 0 Å². The summed E-state index contributed by atoms with van der Waals surface area (Å²) in [6.45, 7) is 0. The van der Waals surface area contributed by atoms with Crippen molar-refractivity contribution >= 4 is 19.7 Å². The Balaban J connectivity index is 2.91. The second kappa shape index (κ2) is 7.24. The van der Waals surface area contributed by atoms with Gasteiger partial charge >= 0.3 is 0 Å². The van der Waals surface area contributed by atoms with Gasteiger partial charge in [0.15, 0.2) is 9.84 Å². The molecule has 1 atom stereocenters. The highest BCUT2D eigenvalue weighted by Crippen LogP contribution is 2.25. The fourth-order valence-corrected chi connectivity index (χ4v) is 5.15. The zero-order valence-corrected chi connectivity index (χ0v) is 14.0. The average molecular weight is 335 g/mol. The molecule has 0 saturated carbocycles. The molecule has 0 amide bonds. The molecule has 6 nitrogen and oxygen atoms in total. The number of nitrogens with one attached hydrogen (secondary N) is 1. The number of rotatable bonds is 8. The molecular weight excluding hydrogens is 314 g/mol. The van der Waals surface area contributed by atoms with Crippen LogP contribution in [0.2, 0.25) is 0 Å². The van der Waals surface area contributed by atoms with E-state index in [0.29, 0.717) is 5.75 Å². The predicted molar refractivity (Wildman–Crippen MR) is 83.2 cm³/mol. The maximum atomic E-state index is 12.1. The van der Waals surface area contributed by atoms with E-state index >= 15 is 0 Å². The quantitative estimate of drug-likeness (QED) is 0.740. The van der Waals surface area contributed by atoms with Crippen LogP contribution in [0, 0.1) is 0 Å². The molecule has 0 fully saturated rings. The topological polar surface area (TPSA) is 89.5 Å². The van der Waals surface area contributed by atoms with Crippen molar-refractivity contribution in [3.05, 3.63) is 29.8 Å². The number of methoxy groups -OCH3 is 1. The number of para-hydroxylation sites is 1. The lowest BCUT2D eigenvalue weighted by Crippen LogP contribution is -2.28. The van der Waals surface area contributed by atoms with Gasteiger partial charge in [0.1, 0.15) is 15.6 Å². The van der Waals surface area contributed by atoms with Crippen molar-refractivity contribution in [1.82, 2.24) is 5.32 Å². The maximum absolute atomic E-state index is 12.1. The van der Waals surface area contributed by atoms with Gasteiger partial charge in [-0.3, -0.25) is 0 Å². The third-order valence-corrected chi connectivity index (χ3v) is 5.92. The van der Waals surface area contributed by atoms with Crippen molar-refractivity contribution < 1.29 is 21.6 Å². The summed E-state index contributed by atoms with van der Waals surface area (Å²) in [6, 6.07) is 6.68. The zero-order chi connectivity index (χ0) is 16.1. The molecule has 0 aliphatic carbocycles. The van der Waals surface area contributed by atoms with E-state index in [0.717, 1.165) is 11.8 Å². The minimum atomic E-state index is -3.50. The van der Waals surface area contributed by atoms with Crippen molar-refractivity contribution in [2.45, 2.75) is 6.04 Å². The lowest BCUT2D eigenvalue weighted by atomic mass is 10.1. The summed E-state index contributed by atoms with van der Waals surface area (Å²) in [5.41, 5.74) is 0.727. The van der Waals surface area contributed by atoms with E-state index in [1.54, 1.807) is 31.3 Å². The number of hydrogen-bond acceptors (Lipinski definition) is 6. The summed E-state index contributed by atoms with van der Waals surface area (Å²) in [6.07, 6.45) is 1.03. The van der Waals surface area contributed by atoms with Crippen molar-refractivity contribution in [3.63, 3.8) is 0 Å². The molecule has 0 radical (unpaired) electrons. The van der Waals surface area contributed by atoms with Gasteiger partial charge in [0, 0.05) is 17.9 Å². The van der Waals surface area contributed by atoms with Crippen LogP contribution in [0.4, 0.5) is 0 Å². The Labute approximate surface area is 126 Å². The van der Waals surface area contributed by atoms with Crippen LogP contribution in [0.25, 0.3) is 0 Å². The van der Waals surface area contributed by atoms with Gasteiger partial charge in [-0.15, -0.1) is 0 Å². The van der Waals surface area contributed by atoms with E-state index in [2.05, 4.69) is 5.32 Å². The number of sulfone groups is 2. The Kier molecular flexibility index (Phi) is 6.18. The third kappa shape index (κ3) is 6.03. The Morgan fingerprint density at radius 2 is 1.76 bits per heavy atom. The fourth-order valence-electron chi connectivity index (χ4n) is 1.90. The van der Waals surface area contributed by atoms with Crippen LogP contribution < -0.4 is 10.1 Å². The van der Waals surface area contributed by atoms with E-state index in [1.807, 2.05) is 0 Å². The van der Waals surface area contributed by atoms with Crippen molar-refractivity contribution in [3.8, 4) is 5.75 Å². The first-order valence-electron chi connectivity index (χ1n) is 6.37. The summed E-state index contributed by atoms with van der Waals surface area (Å²) in [5, 5.41) is 2.94. The fraction of sp³-hybridized carbons (Fsp3) is 0.538. The third-order valence-electron chi connectivity index (χ3n) is 3.05. The summed E-state index contributed by atoms with van der Waals surface area (Å²) in [5.74, 6) is -0.328. The van der Waals surface area contributed by atoms with E-state index in [-0.39, 0.29) is 17.3 Å². The van der Waals surface area contributed by atoms with E-state index in [4.69, 9.17) is 4.74 Å². The Hall–Kier alpha value is -1.12. The molecule has 0 aromatic heterocycles. The summed E-state index contributed by atoms with van der Waals surface area (Å²) >= 11 is 0. The number of hydrogen-bond donors (Lipinski definition) is 1. The van der Waals surface area contributed by atoms with Gasteiger partial charge in [-0.1, -0.05) is 18.2 Å². The largest absolute Gasteiger partial charge is 0.496 e. The first-order chi connectivity index (χ1) is 9.68. The highest BCUT2D eigenvalue weighted by Gasteiger charge is 2.23. The Bertz CT molecular complexity index is 668. The van der Waals surface area contributed by atoms with Gasteiger partial charge in [0.2, 0.25) is 0 Å². The lowest BCUT2D eigenvalue weighted by molar-refractivity contribution is 0.404. The van der Waals surface area contributed by atoms with Crippen LogP contribution in [-0.4, -0.2) is 54.5 Å².